The molecule has 2 rings (SSSR count). The largest absolute Gasteiger partial charge is 0.302 e. The lowest BCUT2D eigenvalue weighted by Gasteiger charge is -2.31. The fourth-order valence-electron chi connectivity index (χ4n) is 2.51. The Balaban J connectivity index is 2.41. The number of allylic oxidation sites excluding steroid dienone is 3. The number of nitrogens with one attached hydrogen (secondary N) is 1. The van der Waals surface area contributed by atoms with Gasteiger partial charge in [0.15, 0.2) is 0 Å². The molecule has 1 aromatic carbocycles. The van der Waals surface area contributed by atoms with Gasteiger partial charge in [-0.25, -0.2) is 0 Å². The van der Waals surface area contributed by atoms with Gasteiger partial charge in [-0.15, -0.1) is 0 Å². The highest BCUT2D eigenvalue weighted by Gasteiger charge is 2.25. The van der Waals surface area contributed by atoms with Crippen molar-refractivity contribution >= 4 is 15.4 Å². The fraction of sp³-hybridized carbons (Fsp3) is 0.412. The maximum atomic E-state index is 3.76. The minimum absolute atomic E-state index is 0.0784. The Kier molecular flexibility index (Phi) is 4.12. The molecule has 0 amide bonds. The third-order valence-corrected chi connectivity index (χ3v) is 3.87. The van der Waals surface area contributed by atoms with Gasteiger partial charge in [-0.3, -0.25) is 0 Å². The van der Waals surface area contributed by atoms with E-state index in [4.69, 9.17) is 0 Å². The molecule has 19 heavy (non-hydrogen) atoms. The fourth-order valence-corrected chi connectivity index (χ4v) is 2.83. The first-order valence-electron chi connectivity index (χ1n) is 6.83. The molecule has 1 nitrogen and oxygen atoms in total. The second-order valence-electron chi connectivity index (χ2n) is 6.23. The number of benzene rings is 1. The van der Waals surface area contributed by atoms with Crippen molar-refractivity contribution in [3.05, 3.63) is 53.1 Å². The van der Waals surface area contributed by atoms with Gasteiger partial charge < -0.3 is 5.32 Å². The van der Waals surface area contributed by atoms with Gasteiger partial charge in [0.2, 0.25) is 0 Å². The minimum Gasteiger partial charge on any atom is -0.302 e. The summed E-state index contributed by atoms with van der Waals surface area (Å²) in [7, 11) is 3.74. The molecule has 0 saturated carbocycles. The molecular weight excluding hydrogens is 246 g/mol. The zero-order valence-corrected chi connectivity index (χ0v) is 13.2. The Morgan fingerprint density at radius 1 is 1.21 bits per heavy atom. The third kappa shape index (κ3) is 3.46. The molecule has 0 aromatic heterocycles. The summed E-state index contributed by atoms with van der Waals surface area (Å²) in [5, 5.41) is 4.92. The molecule has 1 aliphatic carbocycles. The Morgan fingerprint density at radius 3 is 2.42 bits per heavy atom. The molecule has 0 spiro atoms. The van der Waals surface area contributed by atoms with E-state index in [2.05, 4.69) is 79.7 Å². The van der Waals surface area contributed by atoms with E-state index in [0.717, 1.165) is 11.6 Å². The first-order chi connectivity index (χ1) is 8.88. The van der Waals surface area contributed by atoms with Crippen LogP contribution >= 0.6 is 0 Å². The summed E-state index contributed by atoms with van der Waals surface area (Å²) >= 11 is 0. The van der Waals surface area contributed by atoms with Gasteiger partial charge in [0.1, 0.15) is 0 Å². The predicted octanol–water partition coefficient (Wildman–Crippen LogP) is 3.19. The lowest BCUT2D eigenvalue weighted by atomic mass is 9.92. The van der Waals surface area contributed by atoms with E-state index in [1.54, 1.807) is 0 Å². The maximum Gasteiger partial charge on any atom is 0.0716 e. The summed E-state index contributed by atoms with van der Waals surface area (Å²) in [5.41, 5.74) is 4.25. The standard InChI is InChI=1S/C17H22NSi/c1-12-8-7-10-13(12)16(18-17(2,3)4)14-9-5-6-11-15(14)19/h5-9,11,16,18H,10H2,1-4H3. The summed E-state index contributed by atoms with van der Waals surface area (Å²) in [6.07, 6.45) is 5.52. The predicted molar refractivity (Wildman–Crippen MR) is 83.9 cm³/mol. The minimum atomic E-state index is 0.0784. The Bertz CT molecular complexity index is 520. The van der Waals surface area contributed by atoms with E-state index in [1.807, 2.05) is 0 Å². The monoisotopic (exact) mass is 268 g/mol. The molecule has 0 bridgehead atoms. The van der Waals surface area contributed by atoms with Gasteiger partial charge in [0, 0.05) is 5.54 Å². The Morgan fingerprint density at radius 2 is 1.89 bits per heavy atom. The first kappa shape index (κ1) is 14.3. The van der Waals surface area contributed by atoms with Crippen LogP contribution in [0.5, 0.6) is 0 Å². The van der Waals surface area contributed by atoms with Crippen molar-refractivity contribution in [3.63, 3.8) is 0 Å². The zero-order valence-electron chi connectivity index (χ0n) is 12.2. The van der Waals surface area contributed by atoms with Crippen LogP contribution < -0.4 is 10.5 Å². The van der Waals surface area contributed by atoms with Crippen molar-refractivity contribution in [2.24, 2.45) is 0 Å². The van der Waals surface area contributed by atoms with Gasteiger partial charge in [-0.2, -0.15) is 0 Å². The van der Waals surface area contributed by atoms with E-state index in [9.17, 15) is 0 Å². The van der Waals surface area contributed by atoms with Crippen LogP contribution in [0.2, 0.25) is 0 Å². The third-order valence-electron chi connectivity index (χ3n) is 3.41. The molecule has 1 aromatic rings. The molecule has 0 saturated heterocycles. The van der Waals surface area contributed by atoms with Gasteiger partial charge >= 0.3 is 0 Å². The van der Waals surface area contributed by atoms with Gasteiger partial charge in [0.05, 0.1) is 16.3 Å². The summed E-state index contributed by atoms with van der Waals surface area (Å²) in [4.78, 5) is 0. The molecule has 1 atom stereocenters. The molecule has 99 valence electrons. The maximum absolute atomic E-state index is 3.76. The highest BCUT2D eigenvalue weighted by Crippen LogP contribution is 2.32. The van der Waals surface area contributed by atoms with Crippen LogP contribution in [0.15, 0.2) is 47.6 Å². The lowest BCUT2D eigenvalue weighted by molar-refractivity contribution is 0.386. The normalized spacial score (nSPS) is 17.1. The topological polar surface area (TPSA) is 12.0 Å². The quantitative estimate of drug-likeness (QED) is 0.830. The van der Waals surface area contributed by atoms with Gasteiger partial charge in [-0.05, 0) is 45.3 Å². The average Bonchev–Trinajstić information content (AvgIpc) is 2.72. The van der Waals surface area contributed by atoms with E-state index in [0.29, 0.717) is 0 Å². The van der Waals surface area contributed by atoms with E-state index >= 15 is 0 Å². The van der Waals surface area contributed by atoms with Crippen molar-refractivity contribution in [1.82, 2.24) is 5.32 Å². The number of hydrogen-bond donors (Lipinski definition) is 1. The molecule has 0 aliphatic heterocycles. The van der Waals surface area contributed by atoms with Gasteiger partial charge in [-0.1, -0.05) is 47.2 Å². The number of rotatable bonds is 3. The van der Waals surface area contributed by atoms with E-state index in [1.165, 1.54) is 16.7 Å². The molecule has 1 unspecified atom stereocenters. The van der Waals surface area contributed by atoms with Crippen molar-refractivity contribution in [2.75, 3.05) is 0 Å². The van der Waals surface area contributed by atoms with Gasteiger partial charge in [0.25, 0.3) is 0 Å². The van der Waals surface area contributed by atoms with Crippen molar-refractivity contribution in [1.29, 1.82) is 0 Å². The van der Waals surface area contributed by atoms with Crippen LogP contribution in [0.3, 0.4) is 0 Å². The van der Waals surface area contributed by atoms with Crippen molar-refractivity contribution < 1.29 is 0 Å². The summed E-state index contributed by atoms with van der Waals surface area (Å²) in [6, 6.07) is 8.75. The first-order valence-corrected chi connectivity index (χ1v) is 7.33. The molecule has 0 fully saturated rings. The Labute approximate surface area is 120 Å². The SMILES string of the molecule is CC1=C(C(NC(C)(C)C)c2ccccc2[Si])CC=C1. The molecular formula is C17H22NSi. The Hall–Kier alpha value is -1.12. The lowest BCUT2D eigenvalue weighted by Crippen LogP contribution is -2.41. The molecule has 3 radical (unpaired) electrons. The van der Waals surface area contributed by atoms with Crippen LogP contribution in [0.25, 0.3) is 0 Å². The van der Waals surface area contributed by atoms with Crippen molar-refractivity contribution in [3.8, 4) is 0 Å². The average molecular weight is 268 g/mol. The molecule has 0 heterocycles. The highest BCUT2D eigenvalue weighted by atomic mass is 28.1. The van der Waals surface area contributed by atoms with E-state index in [-0.39, 0.29) is 11.6 Å². The second kappa shape index (κ2) is 5.47. The van der Waals surface area contributed by atoms with Crippen molar-refractivity contribution in [2.45, 2.75) is 45.7 Å². The van der Waals surface area contributed by atoms with E-state index < -0.39 is 0 Å². The molecule has 1 aliphatic rings. The van der Waals surface area contributed by atoms with Crippen LogP contribution in [-0.2, 0) is 0 Å². The molecule has 2 heteroatoms. The highest BCUT2D eigenvalue weighted by molar-refractivity contribution is 6.33. The second-order valence-corrected chi connectivity index (χ2v) is 6.77. The summed E-state index contributed by atoms with van der Waals surface area (Å²) in [5.74, 6) is 0. The summed E-state index contributed by atoms with van der Waals surface area (Å²) < 4.78 is 0. The zero-order chi connectivity index (χ0) is 14.0. The van der Waals surface area contributed by atoms with Crippen LogP contribution in [0, 0.1) is 0 Å². The number of hydrogen-bond acceptors (Lipinski definition) is 1. The smallest absolute Gasteiger partial charge is 0.0716 e. The molecule has 1 N–H and O–H groups in total. The van der Waals surface area contributed by atoms with Crippen LogP contribution in [-0.4, -0.2) is 15.8 Å². The van der Waals surface area contributed by atoms with Crippen LogP contribution in [0.4, 0.5) is 0 Å². The summed E-state index contributed by atoms with van der Waals surface area (Å²) in [6.45, 7) is 8.85. The van der Waals surface area contributed by atoms with Crippen LogP contribution in [0.1, 0.15) is 45.7 Å².